The third-order valence-corrected chi connectivity index (χ3v) is 3.52. The molecule has 4 nitrogen and oxygen atoms in total. The highest BCUT2D eigenvalue weighted by Gasteiger charge is 2.06. The van der Waals surface area contributed by atoms with Crippen LogP contribution in [0.1, 0.15) is 25.8 Å². The minimum absolute atomic E-state index is 0.186. The first-order valence-electron chi connectivity index (χ1n) is 7.26. The van der Waals surface area contributed by atoms with Crippen molar-refractivity contribution in [2.24, 2.45) is 0 Å². The summed E-state index contributed by atoms with van der Waals surface area (Å²) in [6.07, 6.45) is 6.91. The maximum absolute atomic E-state index is 5.84. The number of imidazole rings is 1. The third-order valence-electron chi connectivity index (χ3n) is 3.03. The summed E-state index contributed by atoms with van der Waals surface area (Å²) in [4.78, 5) is 4.04. The maximum Gasteiger partial charge on any atom is 0.124 e. The zero-order valence-corrected chi connectivity index (χ0v) is 14.1. The molecule has 1 N–H and O–H groups in total. The van der Waals surface area contributed by atoms with Crippen molar-refractivity contribution in [3.63, 3.8) is 0 Å². The molecule has 0 saturated carbocycles. The normalized spacial score (nSPS) is 11.0. The molecule has 21 heavy (non-hydrogen) atoms. The molecular formula is C16H22BrN3O. The van der Waals surface area contributed by atoms with E-state index >= 15 is 0 Å². The second-order valence-electron chi connectivity index (χ2n) is 5.25. The largest absolute Gasteiger partial charge is 0.491 e. The van der Waals surface area contributed by atoms with Crippen LogP contribution in [-0.2, 0) is 13.1 Å². The second-order valence-corrected chi connectivity index (χ2v) is 6.17. The molecular weight excluding hydrogens is 330 g/mol. The predicted molar refractivity (Wildman–Crippen MR) is 88.5 cm³/mol. The topological polar surface area (TPSA) is 39.1 Å². The van der Waals surface area contributed by atoms with E-state index in [4.69, 9.17) is 4.74 Å². The Kier molecular flexibility index (Phi) is 6.26. The Bertz CT molecular complexity index is 540. The van der Waals surface area contributed by atoms with Crippen LogP contribution in [0.4, 0.5) is 0 Å². The predicted octanol–water partition coefficient (Wildman–Crippen LogP) is 3.61. The van der Waals surface area contributed by atoms with Crippen molar-refractivity contribution >= 4 is 15.9 Å². The lowest BCUT2D eigenvalue weighted by molar-refractivity contribution is 0.239. The number of nitrogens with zero attached hydrogens (tertiary/aromatic N) is 2. The van der Waals surface area contributed by atoms with Crippen molar-refractivity contribution in [1.82, 2.24) is 14.9 Å². The van der Waals surface area contributed by atoms with Gasteiger partial charge in [0.05, 0.1) is 12.4 Å². The molecule has 2 rings (SSSR count). The maximum atomic E-state index is 5.84. The zero-order chi connectivity index (χ0) is 15.1. The Morgan fingerprint density at radius 2 is 2.24 bits per heavy atom. The first kappa shape index (κ1) is 16.0. The minimum atomic E-state index is 0.186. The smallest absolute Gasteiger partial charge is 0.124 e. The number of hydrogen-bond acceptors (Lipinski definition) is 3. The Hall–Kier alpha value is -1.33. The number of halogens is 1. The number of aromatic nitrogens is 2. The van der Waals surface area contributed by atoms with Crippen LogP contribution in [0.3, 0.4) is 0 Å². The summed E-state index contributed by atoms with van der Waals surface area (Å²) < 4.78 is 9.01. The van der Waals surface area contributed by atoms with Crippen molar-refractivity contribution in [2.45, 2.75) is 39.5 Å². The number of hydrogen-bond donors (Lipinski definition) is 1. The van der Waals surface area contributed by atoms with Crippen LogP contribution in [-0.4, -0.2) is 22.2 Å². The fraction of sp³-hybridized carbons (Fsp3) is 0.438. The Morgan fingerprint density at radius 1 is 1.38 bits per heavy atom. The SMILES string of the molecule is CC(C)Oc1ccc(Br)cc1CNCCCn1ccnc1. The third kappa shape index (κ3) is 5.52. The Morgan fingerprint density at radius 3 is 2.95 bits per heavy atom. The highest BCUT2D eigenvalue weighted by molar-refractivity contribution is 9.10. The molecule has 0 fully saturated rings. The fourth-order valence-corrected chi connectivity index (χ4v) is 2.49. The molecule has 0 aliphatic carbocycles. The van der Waals surface area contributed by atoms with Crippen molar-refractivity contribution < 1.29 is 4.74 Å². The number of nitrogens with one attached hydrogen (secondary N) is 1. The molecule has 1 aromatic heterocycles. The molecule has 0 amide bonds. The van der Waals surface area contributed by atoms with Crippen LogP contribution < -0.4 is 10.1 Å². The Labute approximate surface area is 134 Å². The van der Waals surface area contributed by atoms with Gasteiger partial charge in [-0.1, -0.05) is 15.9 Å². The van der Waals surface area contributed by atoms with Gasteiger partial charge in [-0.15, -0.1) is 0 Å². The van der Waals surface area contributed by atoms with Crippen molar-refractivity contribution in [2.75, 3.05) is 6.54 Å². The first-order valence-corrected chi connectivity index (χ1v) is 8.06. The standard InChI is InChI=1S/C16H22BrN3O/c1-13(2)21-16-5-4-15(17)10-14(16)11-18-6-3-8-20-9-7-19-12-20/h4-5,7,9-10,12-13,18H,3,6,8,11H2,1-2H3. The van der Waals surface area contributed by atoms with Gasteiger partial charge < -0.3 is 14.6 Å². The number of benzene rings is 1. The molecule has 0 spiro atoms. The van der Waals surface area contributed by atoms with Gasteiger partial charge in [0.2, 0.25) is 0 Å². The molecule has 114 valence electrons. The molecule has 0 saturated heterocycles. The summed E-state index contributed by atoms with van der Waals surface area (Å²) in [5.41, 5.74) is 1.18. The lowest BCUT2D eigenvalue weighted by Crippen LogP contribution is -2.17. The summed E-state index contributed by atoms with van der Waals surface area (Å²) in [6.45, 7) is 6.85. The quantitative estimate of drug-likeness (QED) is 0.738. The van der Waals surface area contributed by atoms with Gasteiger partial charge in [0, 0.05) is 35.5 Å². The fourth-order valence-electron chi connectivity index (χ4n) is 2.08. The van der Waals surface area contributed by atoms with Gasteiger partial charge in [-0.05, 0) is 45.0 Å². The van der Waals surface area contributed by atoms with Gasteiger partial charge in [-0.25, -0.2) is 4.98 Å². The molecule has 0 unspecified atom stereocenters. The summed E-state index contributed by atoms with van der Waals surface area (Å²) in [6, 6.07) is 6.15. The average molecular weight is 352 g/mol. The number of rotatable bonds is 8. The summed E-state index contributed by atoms with van der Waals surface area (Å²) in [7, 11) is 0. The molecule has 0 bridgehead atoms. The lowest BCUT2D eigenvalue weighted by Gasteiger charge is -2.15. The van der Waals surface area contributed by atoms with E-state index < -0.39 is 0 Å². The molecule has 0 radical (unpaired) electrons. The van der Waals surface area contributed by atoms with E-state index in [0.29, 0.717) is 0 Å². The van der Waals surface area contributed by atoms with Crippen LogP contribution in [0, 0.1) is 0 Å². The van der Waals surface area contributed by atoms with E-state index in [0.717, 1.165) is 36.3 Å². The van der Waals surface area contributed by atoms with Gasteiger partial charge in [0.15, 0.2) is 0 Å². The van der Waals surface area contributed by atoms with E-state index in [-0.39, 0.29) is 6.10 Å². The van der Waals surface area contributed by atoms with Gasteiger partial charge in [-0.3, -0.25) is 0 Å². The molecule has 5 heteroatoms. The van der Waals surface area contributed by atoms with Crippen molar-refractivity contribution in [1.29, 1.82) is 0 Å². The lowest BCUT2D eigenvalue weighted by atomic mass is 10.2. The van der Waals surface area contributed by atoms with Crippen LogP contribution >= 0.6 is 15.9 Å². The van der Waals surface area contributed by atoms with E-state index in [1.165, 1.54) is 5.56 Å². The van der Waals surface area contributed by atoms with Gasteiger partial charge in [-0.2, -0.15) is 0 Å². The minimum Gasteiger partial charge on any atom is -0.491 e. The average Bonchev–Trinajstić information content (AvgIpc) is 2.94. The van der Waals surface area contributed by atoms with Crippen LogP contribution in [0.25, 0.3) is 0 Å². The highest BCUT2D eigenvalue weighted by atomic mass is 79.9. The first-order chi connectivity index (χ1) is 10.1. The van der Waals surface area contributed by atoms with Crippen LogP contribution in [0.5, 0.6) is 5.75 Å². The molecule has 1 heterocycles. The van der Waals surface area contributed by atoms with E-state index in [1.807, 2.05) is 44.7 Å². The summed E-state index contributed by atoms with van der Waals surface area (Å²) in [5, 5.41) is 3.47. The zero-order valence-electron chi connectivity index (χ0n) is 12.6. The number of aryl methyl sites for hydroxylation is 1. The molecule has 1 aromatic carbocycles. The molecule has 2 aromatic rings. The molecule has 0 aliphatic heterocycles. The molecule has 0 aliphatic rings. The summed E-state index contributed by atoms with van der Waals surface area (Å²) in [5.74, 6) is 0.954. The highest BCUT2D eigenvalue weighted by Crippen LogP contribution is 2.24. The molecule has 0 atom stereocenters. The van der Waals surface area contributed by atoms with Crippen LogP contribution in [0.15, 0.2) is 41.4 Å². The van der Waals surface area contributed by atoms with E-state index in [2.05, 4.69) is 36.9 Å². The van der Waals surface area contributed by atoms with Gasteiger partial charge >= 0.3 is 0 Å². The number of ether oxygens (including phenoxy) is 1. The van der Waals surface area contributed by atoms with E-state index in [9.17, 15) is 0 Å². The van der Waals surface area contributed by atoms with E-state index in [1.54, 1.807) is 0 Å². The van der Waals surface area contributed by atoms with Crippen molar-refractivity contribution in [3.05, 3.63) is 47.0 Å². The monoisotopic (exact) mass is 351 g/mol. The van der Waals surface area contributed by atoms with Crippen LogP contribution in [0.2, 0.25) is 0 Å². The Balaban J connectivity index is 1.80. The second kappa shape index (κ2) is 8.20. The van der Waals surface area contributed by atoms with Crippen molar-refractivity contribution in [3.8, 4) is 5.75 Å². The summed E-state index contributed by atoms with van der Waals surface area (Å²) >= 11 is 3.52. The van der Waals surface area contributed by atoms with Gasteiger partial charge in [0.1, 0.15) is 5.75 Å². The van der Waals surface area contributed by atoms with Gasteiger partial charge in [0.25, 0.3) is 0 Å².